The third kappa shape index (κ3) is 5.24. The summed E-state index contributed by atoms with van der Waals surface area (Å²) in [5.41, 5.74) is 12.2. The molecule has 0 spiro atoms. The second-order valence-corrected chi connectivity index (χ2v) is 15.1. The van der Waals surface area contributed by atoms with Gasteiger partial charge in [0.15, 0.2) is 0 Å². The second kappa shape index (κ2) is 12.9. The highest BCUT2D eigenvalue weighted by Crippen LogP contribution is 2.46. The van der Waals surface area contributed by atoms with Crippen LogP contribution in [0.3, 0.4) is 0 Å². The van der Waals surface area contributed by atoms with E-state index in [0.29, 0.717) is 0 Å². The summed E-state index contributed by atoms with van der Waals surface area (Å²) >= 11 is 1.85. The van der Waals surface area contributed by atoms with Gasteiger partial charge in [-0.15, -0.1) is 11.3 Å². The maximum atomic E-state index is 6.67. The molecule has 0 N–H and O–H groups in total. The van der Waals surface area contributed by atoms with Crippen molar-refractivity contribution in [3.63, 3.8) is 0 Å². The molecule has 0 bridgehead atoms. The summed E-state index contributed by atoms with van der Waals surface area (Å²) in [5, 5.41) is 7.28. The van der Waals surface area contributed by atoms with Gasteiger partial charge < -0.3 is 9.32 Å². The maximum absolute atomic E-state index is 6.67. The molecule has 11 rings (SSSR count). The van der Waals surface area contributed by atoms with Crippen LogP contribution >= 0.6 is 11.3 Å². The highest BCUT2D eigenvalue weighted by molar-refractivity contribution is 7.25. The summed E-state index contributed by atoms with van der Waals surface area (Å²) in [5.74, 6) is 0. The molecule has 0 saturated heterocycles. The molecule has 2 nitrogen and oxygen atoms in total. The summed E-state index contributed by atoms with van der Waals surface area (Å²) < 4.78 is 9.27. The van der Waals surface area contributed by atoms with Crippen LogP contribution in [0.4, 0.5) is 17.1 Å². The van der Waals surface area contributed by atoms with E-state index in [1.165, 1.54) is 53.2 Å². The van der Waals surface area contributed by atoms with E-state index in [1.54, 1.807) is 0 Å². The number of furan rings is 1. The molecule has 11 aromatic rings. The van der Waals surface area contributed by atoms with E-state index in [-0.39, 0.29) is 0 Å². The SMILES string of the molecule is c1ccc(-c2ccccc2N(c2ccc(-c3cccc4oc5cc(-c6ccccc6)c6ccccc6c5c34)cc2)c2ccc3sc4ccccc4c3c2)cc1. The van der Waals surface area contributed by atoms with Crippen molar-refractivity contribution in [1.29, 1.82) is 0 Å². The van der Waals surface area contributed by atoms with E-state index in [2.05, 4.69) is 205 Å². The zero-order chi connectivity index (χ0) is 36.3. The van der Waals surface area contributed by atoms with Gasteiger partial charge in [-0.2, -0.15) is 0 Å². The number of benzene rings is 9. The first-order chi connectivity index (χ1) is 27.3. The molecule has 2 aromatic heterocycles. The smallest absolute Gasteiger partial charge is 0.136 e. The van der Waals surface area contributed by atoms with Crippen molar-refractivity contribution in [2.45, 2.75) is 0 Å². The monoisotopic (exact) mass is 719 g/mol. The highest BCUT2D eigenvalue weighted by Gasteiger charge is 2.21. The molecule has 0 atom stereocenters. The molecule has 0 amide bonds. The van der Waals surface area contributed by atoms with Crippen molar-refractivity contribution >= 4 is 81.3 Å². The number of fused-ring (bicyclic) bond motifs is 8. The minimum Gasteiger partial charge on any atom is -0.456 e. The van der Waals surface area contributed by atoms with E-state index in [0.717, 1.165) is 50.1 Å². The Kier molecular flexibility index (Phi) is 7.39. The second-order valence-electron chi connectivity index (χ2n) is 14.0. The number of hydrogen-bond donors (Lipinski definition) is 0. The van der Waals surface area contributed by atoms with Crippen LogP contribution in [0.15, 0.2) is 205 Å². The van der Waals surface area contributed by atoms with Crippen molar-refractivity contribution in [1.82, 2.24) is 0 Å². The minimum absolute atomic E-state index is 0.890. The highest BCUT2D eigenvalue weighted by atomic mass is 32.1. The molecular weight excluding hydrogens is 687 g/mol. The molecule has 0 unspecified atom stereocenters. The van der Waals surface area contributed by atoms with Gasteiger partial charge in [-0.1, -0.05) is 146 Å². The van der Waals surface area contributed by atoms with E-state index in [1.807, 2.05) is 11.3 Å². The van der Waals surface area contributed by atoms with Crippen molar-refractivity contribution in [2.24, 2.45) is 0 Å². The van der Waals surface area contributed by atoms with Crippen LogP contribution in [-0.2, 0) is 0 Å². The van der Waals surface area contributed by atoms with Crippen LogP contribution in [-0.4, -0.2) is 0 Å². The van der Waals surface area contributed by atoms with Gasteiger partial charge in [-0.05, 0) is 93.2 Å². The van der Waals surface area contributed by atoms with Crippen LogP contribution in [0.2, 0.25) is 0 Å². The normalized spacial score (nSPS) is 11.6. The van der Waals surface area contributed by atoms with E-state index in [4.69, 9.17) is 4.42 Å². The fourth-order valence-electron chi connectivity index (χ4n) is 8.38. The predicted molar refractivity (Wildman–Crippen MR) is 235 cm³/mol. The fourth-order valence-corrected chi connectivity index (χ4v) is 9.47. The van der Waals surface area contributed by atoms with Crippen LogP contribution < -0.4 is 4.90 Å². The van der Waals surface area contributed by atoms with Crippen LogP contribution in [0, 0.1) is 0 Å². The summed E-state index contributed by atoms with van der Waals surface area (Å²) in [6, 6.07) is 72.0. The number of para-hydroxylation sites is 1. The topological polar surface area (TPSA) is 16.4 Å². The standard InChI is InChI=1S/C52H33NOS/c1-3-14-34(15-4-1)39-18-9-11-23-46(39)53(38-30-31-50-45(32-38)42-20-10-12-25-49(42)55-50)37-28-26-36(27-29-37)40-22-13-24-47-51(40)52-43-21-8-7-19-41(43)44(33-48(52)54-47)35-16-5-2-6-17-35/h1-33H. The average molecular weight is 720 g/mol. The van der Waals surface area contributed by atoms with Gasteiger partial charge in [-0.25, -0.2) is 0 Å². The lowest BCUT2D eigenvalue weighted by molar-refractivity contribution is 0.669. The number of nitrogens with zero attached hydrogens (tertiary/aromatic N) is 1. The third-order valence-corrected chi connectivity index (χ3v) is 12.0. The fraction of sp³-hybridized carbons (Fsp3) is 0. The Balaban J connectivity index is 1.09. The predicted octanol–water partition coefficient (Wildman–Crippen LogP) is 15.6. The zero-order valence-corrected chi connectivity index (χ0v) is 30.6. The average Bonchev–Trinajstić information content (AvgIpc) is 3.83. The van der Waals surface area contributed by atoms with E-state index in [9.17, 15) is 0 Å². The Morgan fingerprint density at radius 3 is 1.75 bits per heavy atom. The summed E-state index contributed by atoms with van der Waals surface area (Å²) in [4.78, 5) is 2.41. The van der Waals surface area contributed by atoms with Gasteiger partial charge in [-0.3, -0.25) is 0 Å². The number of anilines is 3. The Bertz CT molecular complexity index is 3190. The molecule has 0 radical (unpaired) electrons. The van der Waals surface area contributed by atoms with Gasteiger partial charge in [0.2, 0.25) is 0 Å². The van der Waals surface area contributed by atoms with Crippen molar-refractivity contribution in [3.05, 3.63) is 200 Å². The first kappa shape index (κ1) is 31.6. The molecule has 0 aliphatic rings. The first-order valence-corrected chi connectivity index (χ1v) is 19.5. The molecule has 0 aliphatic heterocycles. The Labute approximate surface area is 322 Å². The number of thiophene rings is 1. The first-order valence-electron chi connectivity index (χ1n) is 18.7. The Morgan fingerprint density at radius 2 is 0.945 bits per heavy atom. The molecule has 2 heterocycles. The molecular formula is C52H33NOS. The van der Waals surface area contributed by atoms with Gasteiger partial charge in [0.1, 0.15) is 11.2 Å². The molecule has 9 aromatic carbocycles. The van der Waals surface area contributed by atoms with Gasteiger partial charge in [0, 0.05) is 47.9 Å². The summed E-state index contributed by atoms with van der Waals surface area (Å²) in [6.07, 6.45) is 0. The van der Waals surface area contributed by atoms with Gasteiger partial charge in [0.05, 0.1) is 5.69 Å². The van der Waals surface area contributed by atoms with E-state index < -0.39 is 0 Å². The molecule has 3 heteroatoms. The van der Waals surface area contributed by atoms with Gasteiger partial charge >= 0.3 is 0 Å². The van der Waals surface area contributed by atoms with Crippen LogP contribution in [0.5, 0.6) is 0 Å². The van der Waals surface area contributed by atoms with Crippen molar-refractivity contribution in [2.75, 3.05) is 4.90 Å². The zero-order valence-electron chi connectivity index (χ0n) is 29.8. The molecule has 0 saturated carbocycles. The number of hydrogen-bond acceptors (Lipinski definition) is 3. The minimum atomic E-state index is 0.890. The molecule has 55 heavy (non-hydrogen) atoms. The Morgan fingerprint density at radius 1 is 0.345 bits per heavy atom. The van der Waals surface area contributed by atoms with Crippen LogP contribution in [0.25, 0.3) is 86.3 Å². The lowest BCUT2D eigenvalue weighted by Crippen LogP contribution is -2.11. The Hall–Kier alpha value is -6.94. The molecule has 0 fully saturated rings. The summed E-state index contributed by atoms with van der Waals surface area (Å²) in [7, 11) is 0. The third-order valence-electron chi connectivity index (χ3n) is 10.9. The van der Waals surface area contributed by atoms with Crippen LogP contribution in [0.1, 0.15) is 0 Å². The van der Waals surface area contributed by atoms with E-state index >= 15 is 0 Å². The van der Waals surface area contributed by atoms with Crippen molar-refractivity contribution < 1.29 is 4.42 Å². The van der Waals surface area contributed by atoms with Crippen molar-refractivity contribution in [3.8, 4) is 33.4 Å². The quantitative estimate of drug-likeness (QED) is 0.170. The lowest BCUT2D eigenvalue weighted by atomic mass is 9.92. The summed E-state index contributed by atoms with van der Waals surface area (Å²) in [6.45, 7) is 0. The molecule has 0 aliphatic carbocycles. The lowest BCUT2D eigenvalue weighted by Gasteiger charge is -2.28. The number of rotatable bonds is 6. The molecule has 258 valence electrons. The largest absolute Gasteiger partial charge is 0.456 e. The van der Waals surface area contributed by atoms with Gasteiger partial charge in [0.25, 0.3) is 0 Å². The maximum Gasteiger partial charge on any atom is 0.136 e.